The first kappa shape index (κ1) is 22.3. The molecule has 3 atom stereocenters. The molecule has 3 N–H and O–H groups in total. The second-order valence-electron chi connectivity index (χ2n) is 8.76. The van der Waals surface area contributed by atoms with Crippen LogP contribution in [0.4, 0.5) is 13.2 Å². The first-order valence-corrected chi connectivity index (χ1v) is 10.8. The van der Waals surface area contributed by atoms with E-state index < -0.39 is 53.7 Å². The number of amides is 4. The first-order valence-electron chi connectivity index (χ1n) is 10.8. The largest absolute Gasteiger partial charge is 0.394 e. The molecule has 4 amide bonds. The third-order valence-electron chi connectivity index (χ3n) is 6.84. The van der Waals surface area contributed by atoms with Gasteiger partial charge in [0.25, 0.3) is 5.91 Å². The Morgan fingerprint density at radius 3 is 2.38 bits per heavy atom. The van der Waals surface area contributed by atoms with Crippen molar-refractivity contribution >= 4 is 23.6 Å². The lowest BCUT2D eigenvalue weighted by Crippen LogP contribution is -2.55. The minimum Gasteiger partial charge on any atom is -0.366 e. The molecule has 1 saturated heterocycles. The van der Waals surface area contributed by atoms with Gasteiger partial charge in [-0.2, -0.15) is 13.2 Å². The Hall–Kier alpha value is -2.91. The van der Waals surface area contributed by atoms with Crippen LogP contribution in [0.15, 0.2) is 18.2 Å². The maximum Gasteiger partial charge on any atom is 0.394 e. The summed E-state index contributed by atoms with van der Waals surface area (Å²) < 4.78 is 43.7. The summed E-state index contributed by atoms with van der Waals surface area (Å²) in [4.78, 5) is 50.2. The Morgan fingerprint density at radius 2 is 1.78 bits per heavy atom. The molecule has 2 heterocycles. The van der Waals surface area contributed by atoms with E-state index >= 15 is 0 Å². The summed E-state index contributed by atoms with van der Waals surface area (Å²) in [6, 6.07) is 1.17. The van der Waals surface area contributed by atoms with Gasteiger partial charge in [0.15, 0.2) is 0 Å². The van der Waals surface area contributed by atoms with Crippen molar-refractivity contribution in [2.45, 2.75) is 63.2 Å². The number of nitrogens with two attached hydrogens (primary N) is 1. The SMILES string of the molecule is NC(=O)c1ccc2c(c1)C([C@@H](C1CCCCC1)C(F)(F)F)N(C1CCC(=O)NC1=O)C2=O. The van der Waals surface area contributed by atoms with Gasteiger partial charge >= 0.3 is 6.18 Å². The maximum atomic E-state index is 14.6. The number of alkyl halides is 3. The highest BCUT2D eigenvalue weighted by molar-refractivity contribution is 6.06. The minimum atomic E-state index is -4.64. The lowest BCUT2D eigenvalue weighted by molar-refractivity contribution is -0.210. The summed E-state index contributed by atoms with van der Waals surface area (Å²) in [5.74, 6) is -5.46. The average molecular weight is 451 g/mol. The highest BCUT2D eigenvalue weighted by Crippen LogP contribution is 2.52. The van der Waals surface area contributed by atoms with Crippen molar-refractivity contribution in [3.05, 3.63) is 34.9 Å². The number of carbonyl (C=O) groups is 4. The fourth-order valence-corrected chi connectivity index (χ4v) is 5.42. The minimum absolute atomic E-state index is 0.00348. The Morgan fingerprint density at radius 1 is 1.09 bits per heavy atom. The van der Waals surface area contributed by atoms with Crippen LogP contribution in [0.2, 0.25) is 0 Å². The van der Waals surface area contributed by atoms with Gasteiger partial charge in [-0.05, 0) is 48.9 Å². The van der Waals surface area contributed by atoms with E-state index in [1.807, 2.05) is 0 Å². The lowest BCUT2D eigenvalue weighted by Gasteiger charge is -2.42. The second kappa shape index (κ2) is 8.22. The quantitative estimate of drug-likeness (QED) is 0.686. The second-order valence-corrected chi connectivity index (χ2v) is 8.76. The molecule has 10 heteroatoms. The van der Waals surface area contributed by atoms with E-state index in [2.05, 4.69) is 5.32 Å². The van der Waals surface area contributed by atoms with E-state index in [1.54, 1.807) is 0 Å². The molecular formula is C22H24F3N3O4. The molecule has 0 radical (unpaired) electrons. The number of nitrogens with one attached hydrogen (secondary N) is 1. The Labute approximate surface area is 182 Å². The molecule has 3 aliphatic rings. The third kappa shape index (κ3) is 3.86. The van der Waals surface area contributed by atoms with Crippen molar-refractivity contribution in [1.29, 1.82) is 0 Å². The Kier molecular flexibility index (Phi) is 5.72. The molecule has 0 bridgehead atoms. The molecule has 0 aromatic heterocycles. The van der Waals surface area contributed by atoms with E-state index in [0.29, 0.717) is 25.7 Å². The number of piperidine rings is 1. The number of hydrogen-bond acceptors (Lipinski definition) is 4. The monoisotopic (exact) mass is 451 g/mol. The highest BCUT2D eigenvalue weighted by Gasteiger charge is 2.57. The van der Waals surface area contributed by atoms with Gasteiger partial charge in [0, 0.05) is 17.5 Å². The number of benzene rings is 1. The van der Waals surface area contributed by atoms with Crippen molar-refractivity contribution in [3.63, 3.8) is 0 Å². The lowest BCUT2D eigenvalue weighted by atomic mass is 9.74. The zero-order valence-electron chi connectivity index (χ0n) is 17.3. The summed E-state index contributed by atoms with van der Waals surface area (Å²) in [7, 11) is 0. The van der Waals surface area contributed by atoms with Gasteiger partial charge in [0.2, 0.25) is 17.7 Å². The van der Waals surface area contributed by atoms with Gasteiger partial charge in [-0.3, -0.25) is 24.5 Å². The molecule has 1 aromatic carbocycles. The van der Waals surface area contributed by atoms with Crippen molar-refractivity contribution in [2.75, 3.05) is 0 Å². The van der Waals surface area contributed by atoms with E-state index in [1.165, 1.54) is 18.2 Å². The van der Waals surface area contributed by atoms with E-state index in [9.17, 15) is 32.3 Å². The van der Waals surface area contributed by atoms with Gasteiger partial charge in [-0.25, -0.2) is 0 Å². The molecule has 7 nitrogen and oxygen atoms in total. The molecule has 32 heavy (non-hydrogen) atoms. The topological polar surface area (TPSA) is 110 Å². The normalized spacial score (nSPS) is 25.5. The first-order chi connectivity index (χ1) is 15.1. The van der Waals surface area contributed by atoms with Crippen LogP contribution in [-0.2, 0) is 9.59 Å². The number of nitrogens with zero attached hydrogens (tertiary/aromatic N) is 1. The van der Waals surface area contributed by atoms with E-state index in [4.69, 9.17) is 5.73 Å². The predicted molar refractivity (Wildman–Crippen MR) is 106 cm³/mol. The average Bonchev–Trinajstić information content (AvgIpc) is 3.00. The molecule has 2 fully saturated rings. The molecule has 4 rings (SSSR count). The van der Waals surface area contributed by atoms with Crippen LogP contribution >= 0.6 is 0 Å². The predicted octanol–water partition coefficient (Wildman–Crippen LogP) is 2.85. The molecule has 2 aliphatic heterocycles. The molecule has 1 aliphatic carbocycles. The van der Waals surface area contributed by atoms with Gasteiger partial charge in [-0.15, -0.1) is 0 Å². The summed E-state index contributed by atoms with van der Waals surface area (Å²) in [6.45, 7) is 0. The summed E-state index contributed by atoms with van der Waals surface area (Å²) >= 11 is 0. The van der Waals surface area contributed by atoms with Gasteiger partial charge in [0.05, 0.1) is 12.0 Å². The molecule has 1 aromatic rings. The molecule has 1 saturated carbocycles. The third-order valence-corrected chi connectivity index (χ3v) is 6.84. The van der Waals surface area contributed by atoms with Crippen LogP contribution in [-0.4, -0.2) is 40.7 Å². The van der Waals surface area contributed by atoms with Crippen LogP contribution in [0.1, 0.15) is 77.3 Å². The van der Waals surface area contributed by atoms with Gasteiger partial charge in [0.1, 0.15) is 6.04 Å². The number of imide groups is 1. The Bertz CT molecular complexity index is 972. The van der Waals surface area contributed by atoms with Crippen LogP contribution < -0.4 is 11.1 Å². The van der Waals surface area contributed by atoms with Crippen molar-refractivity contribution in [3.8, 4) is 0 Å². The van der Waals surface area contributed by atoms with Crippen molar-refractivity contribution in [1.82, 2.24) is 10.2 Å². The van der Waals surface area contributed by atoms with E-state index in [0.717, 1.165) is 11.3 Å². The number of hydrogen-bond donors (Lipinski definition) is 2. The number of fused-ring (bicyclic) bond motifs is 1. The van der Waals surface area contributed by atoms with Crippen molar-refractivity contribution < 1.29 is 32.3 Å². The number of halogens is 3. The van der Waals surface area contributed by atoms with Gasteiger partial charge < -0.3 is 10.6 Å². The number of primary amides is 1. The number of carbonyl (C=O) groups excluding carboxylic acids is 4. The summed E-state index contributed by atoms with van der Waals surface area (Å²) in [6.07, 6.45) is -1.88. The Balaban J connectivity index is 1.86. The van der Waals surface area contributed by atoms with Crippen LogP contribution in [0.25, 0.3) is 0 Å². The zero-order valence-corrected chi connectivity index (χ0v) is 17.3. The van der Waals surface area contributed by atoms with E-state index in [-0.39, 0.29) is 29.5 Å². The van der Waals surface area contributed by atoms with Crippen LogP contribution in [0, 0.1) is 11.8 Å². The zero-order chi connectivity index (χ0) is 23.2. The summed E-state index contributed by atoms with van der Waals surface area (Å²) in [5.41, 5.74) is 5.42. The van der Waals surface area contributed by atoms with Crippen LogP contribution in [0.3, 0.4) is 0 Å². The fourth-order valence-electron chi connectivity index (χ4n) is 5.42. The van der Waals surface area contributed by atoms with Crippen molar-refractivity contribution in [2.24, 2.45) is 17.6 Å². The maximum absolute atomic E-state index is 14.6. The molecule has 2 unspecified atom stereocenters. The fraction of sp³-hybridized carbons (Fsp3) is 0.545. The molecule has 172 valence electrons. The van der Waals surface area contributed by atoms with Gasteiger partial charge in [-0.1, -0.05) is 19.3 Å². The highest BCUT2D eigenvalue weighted by atomic mass is 19.4. The molecule has 0 spiro atoms. The molecular weight excluding hydrogens is 427 g/mol. The van der Waals surface area contributed by atoms with Crippen LogP contribution in [0.5, 0.6) is 0 Å². The summed E-state index contributed by atoms with van der Waals surface area (Å²) in [5, 5.41) is 2.13. The smallest absolute Gasteiger partial charge is 0.366 e. The standard InChI is InChI=1S/C22H24F3N3O4/c23-22(24,25)17(11-4-2-1-3-5-11)18-14-10-12(19(26)30)6-7-13(14)21(32)28(18)15-8-9-16(29)27-20(15)31/h6-7,10-11,15,17-18H,1-5,8-9H2,(H2,26,30)(H,27,29,31)/t15?,17-,18?/m1/s1. The number of rotatable bonds is 4.